The quantitative estimate of drug-likeness (QED) is 0.467. The number of thiazole rings is 1. The number of halogens is 1. The number of hydrogen-bond donors (Lipinski definition) is 0. The van der Waals surface area contributed by atoms with Crippen LogP contribution < -0.4 is 15.2 Å². The molecule has 0 radical (unpaired) electrons. The van der Waals surface area contributed by atoms with Crippen molar-refractivity contribution < 1.29 is 9.47 Å². The molecule has 29 heavy (non-hydrogen) atoms. The normalized spacial score (nSPS) is 10.9. The highest BCUT2D eigenvalue weighted by atomic mass is 35.5. The van der Waals surface area contributed by atoms with Crippen LogP contribution in [-0.2, 0) is 13.7 Å². The molecule has 4 rings (SSSR count). The summed E-state index contributed by atoms with van der Waals surface area (Å²) in [6.45, 7) is 0.122. The Kier molecular flexibility index (Phi) is 5.32. The molecule has 8 nitrogen and oxygen atoms in total. The van der Waals surface area contributed by atoms with E-state index in [1.54, 1.807) is 25.3 Å². The van der Waals surface area contributed by atoms with Gasteiger partial charge in [-0.25, -0.2) is 9.78 Å². The molecule has 0 N–H and O–H groups in total. The SMILES string of the molecule is COc1ccccc1-c1csc(OCc2c(Cl)cccc2-n2nnn(C)c2=O)n1. The van der Waals surface area contributed by atoms with Crippen LogP contribution in [0.2, 0.25) is 5.02 Å². The first kappa shape index (κ1) is 19.2. The Morgan fingerprint density at radius 3 is 2.72 bits per heavy atom. The second-order valence-electron chi connectivity index (χ2n) is 6.02. The van der Waals surface area contributed by atoms with Crippen LogP contribution in [0.5, 0.6) is 10.9 Å². The Morgan fingerprint density at radius 2 is 1.97 bits per heavy atom. The molecule has 4 aromatic rings. The predicted octanol–water partition coefficient (Wildman–Crippen LogP) is 3.33. The second kappa shape index (κ2) is 8.06. The van der Waals surface area contributed by atoms with Crippen LogP contribution >= 0.6 is 22.9 Å². The minimum Gasteiger partial charge on any atom is -0.496 e. The molecule has 2 aromatic carbocycles. The lowest BCUT2D eigenvalue weighted by atomic mass is 10.1. The van der Waals surface area contributed by atoms with Crippen LogP contribution in [0.25, 0.3) is 16.9 Å². The summed E-state index contributed by atoms with van der Waals surface area (Å²) in [5.74, 6) is 0.736. The first-order valence-electron chi connectivity index (χ1n) is 8.57. The molecule has 0 bridgehead atoms. The number of ether oxygens (including phenoxy) is 2. The molecule has 0 aliphatic carbocycles. The van der Waals surface area contributed by atoms with Crippen molar-refractivity contribution in [2.75, 3.05) is 7.11 Å². The van der Waals surface area contributed by atoms with Gasteiger partial charge in [0.1, 0.15) is 12.4 Å². The number of aromatic nitrogens is 5. The minimum atomic E-state index is -0.374. The topological polar surface area (TPSA) is 84.1 Å². The van der Waals surface area contributed by atoms with E-state index < -0.39 is 0 Å². The third-order valence-electron chi connectivity index (χ3n) is 4.25. The van der Waals surface area contributed by atoms with Crippen molar-refractivity contribution in [2.24, 2.45) is 7.05 Å². The van der Waals surface area contributed by atoms with Crippen LogP contribution in [0.15, 0.2) is 52.6 Å². The van der Waals surface area contributed by atoms with E-state index in [1.807, 2.05) is 29.6 Å². The fraction of sp³-hybridized carbons (Fsp3) is 0.158. The second-order valence-corrected chi connectivity index (χ2v) is 7.25. The monoisotopic (exact) mass is 429 g/mol. The highest BCUT2D eigenvalue weighted by Gasteiger charge is 2.16. The molecule has 2 heterocycles. The van der Waals surface area contributed by atoms with Gasteiger partial charge >= 0.3 is 5.69 Å². The molecular formula is C19H16ClN5O3S. The van der Waals surface area contributed by atoms with Crippen molar-refractivity contribution in [3.63, 3.8) is 0 Å². The summed E-state index contributed by atoms with van der Waals surface area (Å²) in [6, 6.07) is 12.8. The smallest absolute Gasteiger partial charge is 0.368 e. The highest BCUT2D eigenvalue weighted by molar-refractivity contribution is 7.11. The van der Waals surface area contributed by atoms with Crippen molar-refractivity contribution in [1.29, 1.82) is 0 Å². The highest BCUT2D eigenvalue weighted by Crippen LogP contribution is 2.33. The molecule has 0 saturated carbocycles. The summed E-state index contributed by atoms with van der Waals surface area (Å²) in [5.41, 5.74) is 2.39. The molecule has 0 spiro atoms. The first-order valence-corrected chi connectivity index (χ1v) is 9.82. The largest absolute Gasteiger partial charge is 0.496 e. The van der Waals surface area contributed by atoms with Crippen LogP contribution in [0.4, 0.5) is 0 Å². The lowest BCUT2D eigenvalue weighted by Crippen LogP contribution is -2.23. The van der Waals surface area contributed by atoms with E-state index in [2.05, 4.69) is 15.4 Å². The van der Waals surface area contributed by atoms with Crippen molar-refractivity contribution in [3.8, 4) is 27.9 Å². The number of para-hydroxylation sites is 1. The van der Waals surface area contributed by atoms with Gasteiger partial charge in [0.2, 0.25) is 0 Å². The van der Waals surface area contributed by atoms with E-state index in [1.165, 1.54) is 23.1 Å². The van der Waals surface area contributed by atoms with Crippen molar-refractivity contribution in [3.05, 3.63) is 68.9 Å². The van der Waals surface area contributed by atoms with Gasteiger partial charge in [-0.1, -0.05) is 41.1 Å². The maximum absolute atomic E-state index is 12.2. The molecule has 0 aliphatic heterocycles. The van der Waals surface area contributed by atoms with Gasteiger partial charge in [0, 0.05) is 28.6 Å². The van der Waals surface area contributed by atoms with Gasteiger partial charge in [0.25, 0.3) is 5.19 Å². The van der Waals surface area contributed by atoms with Crippen molar-refractivity contribution in [2.45, 2.75) is 6.61 Å². The molecule has 0 aliphatic rings. The molecule has 0 amide bonds. The minimum absolute atomic E-state index is 0.122. The molecular weight excluding hydrogens is 414 g/mol. The fourth-order valence-electron chi connectivity index (χ4n) is 2.79. The van der Waals surface area contributed by atoms with Gasteiger partial charge in [0.15, 0.2) is 0 Å². The standard InChI is InChI=1S/C19H16ClN5O3S/c1-24-19(26)25(23-22-24)16-8-5-7-14(20)13(16)10-28-18-21-15(11-29-18)12-6-3-4-9-17(12)27-2/h3-9,11H,10H2,1-2H3. The summed E-state index contributed by atoms with van der Waals surface area (Å²) in [7, 11) is 3.15. The van der Waals surface area contributed by atoms with Crippen molar-refractivity contribution in [1.82, 2.24) is 24.8 Å². The maximum Gasteiger partial charge on any atom is 0.368 e. The van der Waals surface area contributed by atoms with Crippen molar-refractivity contribution >= 4 is 22.9 Å². The van der Waals surface area contributed by atoms with E-state index in [4.69, 9.17) is 21.1 Å². The van der Waals surface area contributed by atoms with Gasteiger partial charge in [-0.15, -0.1) is 0 Å². The van der Waals surface area contributed by atoms with E-state index >= 15 is 0 Å². The number of benzene rings is 2. The molecule has 10 heteroatoms. The number of tetrazole rings is 1. The Hall–Kier alpha value is -3.17. The molecule has 0 unspecified atom stereocenters. The number of methoxy groups -OCH3 is 1. The predicted molar refractivity (Wildman–Crippen MR) is 110 cm³/mol. The Labute approximate surface area is 174 Å². The zero-order valence-corrected chi connectivity index (χ0v) is 17.1. The zero-order chi connectivity index (χ0) is 20.4. The van der Waals surface area contributed by atoms with Crippen LogP contribution in [-0.4, -0.2) is 31.9 Å². The molecule has 0 atom stereocenters. The maximum atomic E-state index is 12.2. The molecule has 0 fully saturated rings. The Morgan fingerprint density at radius 1 is 1.14 bits per heavy atom. The van der Waals surface area contributed by atoms with Crippen LogP contribution in [0.1, 0.15) is 5.56 Å². The summed E-state index contributed by atoms with van der Waals surface area (Å²) in [5, 5.41) is 10.5. The number of nitrogens with zero attached hydrogens (tertiary/aromatic N) is 5. The van der Waals surface area contributed by atoms with Gasteiger partial charge < -0.3 is 9.47 Å². The summed E-state index contributed by atoms with van der Waals surface area (Å²) >= 11 is 7.73. The van der Waals surface area contributed by atoms with E-state index in [0.29, 0.717) is 21.5 Å². The van der Waals surface area contributed by atoms with Gasteiger partial charge in [-0.3, -0.25) is 0 Å². The number of hydrogen-bond acceptors (Lipinski definition) is 7. The third kappa shape index (κ3) is 3.74. The first-order chi connectivity index (χ1) is 14.1. The average Bonchev–Trinajstić information content (AvgIpc) is 3.34. The average molecular weight is 430 g/mol. The van der Waals surface area contributed by atoms with Gasteiger partial charge in [-0.2, -0.15) is 9.36 Å². The van der Waals surface area contributed by atoms with E-state index in [9.17, 15) is 4.79 Å². The number of aryl methyl sites for hydroxylation is 1. The van der Waals surface area contributed by atoms with Gasteiger partial charge in [-0.05, 0) is 34.7 Å². The third-order valence-corrected chi connectivity index (χ3v) is 5.36. The Balaban J connectivity index is 1.60. The lowest BCUT2D eigenvalue weighted by Gasteiger charge is -2.10. The summed E-state index contributed by atoms with van der Waals surface area (Å²) < 4.78 is 13.6. The Bertz CT molecular complexity index is 1220. The van der Waals surface area contributed by atoms with E-state index in [-0.39, 0.29) is 12.3 Å². The van der Waals surface area contributed by atoms with Crippen LogP contribution in [0.3, 0.4) is 0 Å². The molecule has 0 saturated heterocycles. The fourth-order valence-corrected chi connectivity index (χ4v) is 3.69. The number of rotatable bonds is 6. The van der Waals surface area contributed by atoms with Gasteiger partial charge in [0.05, 0.1) is 18.5 Å². The molecule has 2 aromatic heterocycles. The lowest BCUT2D eigenvalue weighted by molar-refractivity contribution is 0.304. The summed E-state index contributed by atoms with van der Waals surface area (Å²) in [4.78, 5) is 16.8. The zero-order valence-electron chi connectivity index (χ0n) is 15.6. The van der Waals surface area contributed by atoms with Crippen LogP contribution in [0, 0.1) is 0 Å². The summed E-state index contributed by atoms with van der Waals surface area (Å²) in [6.07, 6.45) is 0. The van der Waals surface area contributed by atoms with E-state index in [0.717, 1.165) is 21.7 Å². The molecule has 148 valence electrons.